The standard InChI is InChI=1S/C21H22N6/c22-20-19-15(9-5-4-8-14-6-2-1-3-7-14)12-16(13-18(19)26-27-20)17-10-11-24-21(23)25-17/h1-3,6-7,10-13H,4-5,8-9H2,(H3,22,26,27)(H2,23,24,25). The van der Waals surface area contributed by atoms with Crippen molar-refractivity contribution in [1.82, 2.24) is 20.2 Å². The maximum atomic E-state index is 6.10. The Morgan fingerprint density at radius 2 is 1.74 bits per heavy atom. The summed E-state index contributed by atoms with van der Waals surface area (Å²) in [6, 6.07) is 16.6. The quantitative estimate of drug-likeness (QED) is 0.455. The highest BCUT2D eigenvalue weighted by Gasteiger charge is 2.12. The second-order valence-electron chi connectivity index (χ2n) is 6.66. The van der Waals surface area contributed by atoms with E-state index in [0.29, 0.717) is 5.82 Å². The van der Waals surface area contributed by atoms with Crippen LogP contribution in [0, 0.1) is 0 Å². The molecule has 6 heteroatoms. The van der Waals surface area contributed by atoms with Gasteiger partial charge in [-0.1, -0.05) is 30.3 Å². The molecular weight excluding hydrogens is 336 g/mol. The predicted molar refractivity (Wildman–Crippen MR) is 109 cm³/mol. The summed E-state index contributed by atoms with van der Waals surface area (Å²) in [7, 11) is 0. The van der Waals surface area contributed by atoms with E-state index in [1.165, 1.54) is 11.1 Å². The Labute approximate surface area is 157 Å². The highest BCUT2D eigenvalue weighted by Crippen LogP contribution is 2.30. The van der Waals surface area contributed by atoms with Gasteiger partial charge in [0.25, 0.3) is 0 Å². The fraction of sp³-hybridized carbons (Fsp3) is 0.190. The van der Waals surface area contributed by atoms with E-state index in [4.69, 9.17) is 11.5 Å². The lowest BCUT2D eigenvalue weighted by Gasteiger charge is -2.08. The number of hydrogen-bond acceptors (Lipinski definition) is 5. The normalized spacial score (nSPS) is 11.1. The summed E-state index contributed by atoms with van der Waals surface area (Å²) < 4.78 is 0. The first-order chi connectivity index (χ1) is 13.2. The minimum atomic E-state index is 0.265. The largest absolute Gasteiger partial charge is 0.382 e. The van der Waals surface area contributed by atoms with Crippen LogP contribution in [0.5, 0.6) is 0 Å². The zero-order chi connectivity index (χ0) is 18.6. The molecular formula is C21H22N6. The van der Waals surface area contributed by atoms with Crippen molar-refractivity contribution in [3.8, 4) is 11.3 Å². The van der Waals surface area contributed by atoms with Crippen molar-refractivity contribution in [1.29, 1.82) is 0 Å². The van der Waals surface area contributed by atoms with Gasteiger partial charge in [0.2, 0.25) is 5.95 Å². The van der Waals surface area contributed by atoms with Crippen LogP contribution in [0.25, 0.3) is 22.2 Å². The third-order valence-corrected chi connectivity index (χ3v) is 4.75. The van der Waals surface area contributed by atoms with Crippen LogP contribution in [-0.2, 0) is 12.8 Å². The van der Waals surface area contributed by atoms with Gasteiger partial charge in [-0.3, -0.25) is 5.10 Å². The van der Waals surface area contributed by atoms with Crippen LogP contribution in [-0.4, -0.2) is 20.2 Å². The molecule has 0 unspecified atom stereocenters. The van der Waals surface area contributed by atoms with Crippen molar-refractivity contribution in [2.75, 3.05) is 11.5 Å². The Balaban J connectivity index is 1.57. The number of hydrogen-bond donors (Lipinski definition) is 3. The highest BCUT2D eigenvalue weighted by atomic mass is 15.1. The molecule has 0 bridgehead atoms. The van der Waals surface area contributed by atoms with Gasteiger partial charge in [-0.2, -0.15) is 5.10 Å². The van der Waals surface area contributed by atoms with Crippen molar-refractivity contribution >= 4 is 22.7 Å². The van der Waals surface area contributed by atoms with E-state index < -0.39 is 0 Å². The van der Waals surface area contributed by atoms with Gasteiger partial charge in [-0.05, 0) is 55.0 Å². The Hall–Kier alpha value is -3.41. The molecule has 0 fully saturated rings. The average Bonchev–Trinajstić information content (AvgIpc) is 3.07. The molecule has 0 aliphatic heterocycles. The fourth-order valence-electron chi connectivity index (χ4n) is 3.44. The number of nitrogens with zero attached hydrogens (tertiary/aromatic N) is 3. The molecule has 2 aromatic heterocycles. The van der Waals surface area contributed by atoms with Gasteiger partial charge in [0, 0.05) is 17.1 Å². The van der Waals surface area contributed by atoms with E-state index >= 15 is 0 Å². The monoisotopic (exact) mass is 358 g/mol. The zero-order valence-electron chi connectivity index (χ0n) is 15.0. The van der Waals surface area contributed by atoms with Gasteiger partial charge in [0.1, 0.15) is 0 Å². The lowest BCUT2D eigenvalue weighted by Crippen LogP contribution is -1.97. The molecule has 5 N–H and O–H groups in total. The molecule has 4 aromatic rings. The molecule has 0 atom stereocenters. The molecule has 0 radical (unpaired) electrons. The highest BCUT2D eigenvalue weighted by molar-refractivity contribution is 5.94. The number of aromatic nitrogens is 4. The van der Waals surface area contributed by atoms with Gasteiger partial charge in [0.15, 0.2) is 5.82 Å². The Bertz CT molecular complexity index is 1050. The van der Waals surface area contributed by atoms with Crippen LogP contribution in [0.2, 0.25) is 0 Å². The molecule has 4 rings (SSSR count). The van der Waals surface area contributed by atoms with Crippen molar-refractivity contribution in [2.24, 2.45) is 0 Å². The average molecular weight is 358 g/mol. The number of anilines is 2. The summed E-state index contributed by atoms with van der Waals surface area (Å²) in [4.78, 5) is 8.31. The molecule has 6 nitrogen and oxygen atoms in total. The second kappa shape index (κ2) is 7.45. The first kappa shape index (κ1) is 17.0. The lowest BCUT2D eigenvalue weighted by molar-refractivity contribution is 0.737. The maximum Gasteiger partial charge on any atom is 0.220 e. The van der Waals surface area contributed by atoms with E-state index in [9.17, 15) is 0 Å². The number of unbranched alkanes of at least 4 members (excludes halogenated alkanes) is 1. The first-order valence-corrected chi connectivity index (χ1v) is 9.10. The Kier molecular flexibility index (Phi) is 4.70. The summed E-state index contributed by atoms with van der Waals surface area (Å²) in [5.41, 5.74) is 17.1. The number of aromatic amines is 1. The number of aryl methyl sites for hydroxylation is 2. The Morgan fingerprint density at radius 3 is 2.56 bits per heavy atom. The summed E-state index contributed by atoms with van der Waals surface area (Å²) in [6.45, 7) is 0. The molecule has 0 aliphatic rings. The van der Waals surface area contributed by atoms with Gasteiger partial charge in [0.05, 0.1) is 11.2 Å². The minimum Gasteiger partial charge on any atom is -0.382 e. The third kappa shape index (κ3) is 3.74. The van der Waals surface area contributed by atoms with Crippen LogP contribution in [0.4, 0.5) is 11.8 Å². The van der Waals surface area contributed by atoms with Gasteiger partial charge < -0.3 is 11.5 Å². The van der Waals surface area contributed by atoms with Crippen molar-refractivity contribution < 1.29 is 0 Å². The van der Waals surface area contributed by atoms with E-state index in [0.717, 1.165) is 47.8 Å². The molecule has 0 saturated carbocycles. The molecule has 0 saturated heterocycles. The van der Waals surface area contributed by atoms with Crippen molar-refractivity contribution in [3.63, 3.8) is 0 Å². The minimum absolute atomic E-state index is 0.265. The van der Waals surface area contributed by atoms with E-state index in [1.54, 1.807) is 6.20 Å². The SMILES string of the molecule is Nc1nccc(-c2cc(CCCCc3ccccc3)c3c(N)n[nH]c3c2)n1. The topological polar surface area (TPSA) is 106 Å². The molecule has 0 amide bonds. The van der Waals surface area contributed by atoms with Crippen LogP contribution in [0.15, 0.2) is 54.7 Å². The van der Waals surface area contributed by atoms with Crippen LogP contribution in [0.3, 0.4) is 0 Å². The number of nitrogen functional groups attached to an aromatic ring is 2. The summed E-state index contributed by atoms with van der Waals surface area (Å²) in [6.07, 6.45) is 5.87. The van der Waals surface area contributed by atoms with Gasteiger partial charge in [-0.25, -0.2) is 9.97 Å². The molecule has 0 aliphatic carbocycles. The summed E-state index contributed by atoms with van der Waals surface area (Å²) in [5, 5.41) is 8.20. The summed E-state index contributed by atoms with van der Waals surface area (Å²) >= 11 is 0. The molecule has 27 heavy (non-hydrogen) atoms. The number of nitrogens with one attached hydrogen (secondary N) is 1. The molecule has 136 valence electrons. The van der Waals surface area contributed by atoms with Crippen molar-refractivity contribution in [2.45, 2.75) is 25.7 Å². The lowest BCUT2D eigenvalue weighted by atomic mass is 9.98. The molecule has 0 spiro atoms. The van der Waals surface area contributed by atoms with Crippen LogP contribution >= 0.6 is 0 Å². The zero-order valence-corrected chi connectivity index (χ0v) is 15.0. The maximum absolute atomic E-state index is 6.10. The van der Waals surface area contributed by atoms with Gasteiger partial charge in [-0.15, -0.1) is 0 Å². The van der Waals surface area contributed by atoms with Crippen molar-refractivity contribution in [3.05, 3.63) is 65.9 Å². The van der Waals surface area contributed by atoms with E-state index in [1.807, 2.05) is 18.2 Å². The first-order valence-electron chi connectivity index (χ1n) is 9.10. The fourth-order valence-corrected chi connectivity index (χ4v) is 3.44. The van der Waals surface area contributed by atoms with E-state index in [2.05, 4.69) is 50.5 Å². The number of rotatable bonds is 6. The number of fused-ring (bicyclic) bond motifs is 1. The number of H-pyrrole nitrogens is 1. The summed E-state index contributed by atoms with van der Waals surface area (Å²) in [5.74, 6) is 0.804. The smallest absolute Gasteiger partial charge is 0.220 e. The number of benzene rings is 2. The Morgan fingerprint density at radius 1 is 0.926 bits per heavy atom. The molecule has 2 heterocycles. The predicted octanol–water partition coefficient (Wildman–Crippen LogP) is 3.75. The van der Waals surface area contributed by atoms with Gasteiger partial charge >= 0.3 is 0 Å². The van der Waals surface area contributed by atoms with Crippen LogP contribution in [0.1, 0.15) is 24.0 Å². The molecule has 2 aromatic carbocycles. The van der Waals surface area contributed by atoms with E-state index in [-0.39, 0.29) is 5.95 Å². The second-order valence-corrected chi connectivity index (χ2v) is 6.66. The third-order valence-electron chi connectivity index (χ3n) is 4.75. The number of nitrogens with two attached hydrogens (primary N) is 2. The van der Waals surface area contributed by atoms with Crippen LogP contribution < -0.4 is 11.5 Å².